The van der Waals surface area contributed by atoms with Crippen LogP contribution in [0.15, 0.2) is 36.7 Å². The molecule has 0 aliphatic rings. The molecule has 1 aromatic carbocycles. The number of aromatic nitrogens is 3. The van der Waals surface area contributed by atoms with Gasteiger partial charge in [-0.05, 0) is 12.1 Å². The van der Waals surface area contributed by atoms with Gasteiger partial charge in [0.25, 0.3) is 0 Å². The standard InChI is InChI=1S/C11H14N4O/c1-16-10(7-12)11-14-13-8-15(11)9-5-3-2-4-6-9/h2-6,8,10H,7,12H2,1H3. The molecule has 2 rings (SSSR count). The van der Waals surface area contributed by atoms with Gasteiger partial charge < -0.3 is 10.5 Å². The molecule has 0 fully saturated rings. The number of para-hydroxylation sites is 1. The van der Waals surface area contributed by atoms with E-state index in [1.165, 1.54) is 0 Å². The minimum atomic E-state index is -0.234. The first kappa shape index (κ1) is 10.8. The summed E-state index contributed by atoms with van der Waals surface area (Å²) < 4.78 is 7.13. The molecule has 0 saturated carbocycles. The summed E-state index contributed by atoms with van der Waals surface area (Å²) in [6, 6.07) is 9.85. The van der Waals surface area contributed by atoms with E-state index in [2.05, 4.69) is 10.2 Å². The minimum absolute atomic E-state index is 0.234. The van der Waals surface area contributed by atoms with Crippen molar-refractivity contribution in [1.29, 1.82) is 0 Å². The molecule has 1 aromatic heterocycles. The summed E-state index contributed by atoms with van der Waals surface area (Å²) in [6.45, 7) is 0.377. The molecule has 2 aromatic rings. The largest absolute Gasteiger partial charge is 0.372 e. The van der Waals surface area contributed by atoms with E-state index in [4.69, 9.17) is 10.5 Å². The molecule has 0 amide bonds. The third-order valence-corrected chi connectivity index (χ3v) is 2.40. The Morgan fingerprint density at radius 2 is 2.12 bits per heavy atom. The number of hydrogen-bond donors (Lipinski definition) is 1. The Bertz CT molecular complexity index is 436. The van der Waals surface area contributed by atoms with Crippen LogP contribution in [0.25, 0.3) is 5.69 Å². The van der Waals surface area contributed by atoms with Gasteiger partial charge in [0.15, 0.2) is 5.82 Å². The number of hydrogen-bond acceptors (Lipinski definition) is 4. The summed E-state index contributed by atoms with van der Waals surface area (Å²) in [5.41, 5.74) is 6.61. The number of benzene rings is 1. The number of methoxy groups -OCH3 is 1. The lowest BCUT2D eigenvalue weighted by Gasteiger charge is -2.13. The van der Waals surface area contributed by atoms with Gasteiger partial charge in [-0.1, -0.05) is 18.2 Å². The van der Waals surface area contributed by atoms with Crippen LogP contribution in [0.5, 0.6) is 0 Å². The second-order valence-electron chi connectivity index (χ2n) is 3.35. The molecule has 0 spiro atoms. The highest BCUT2D eigenvalue weighted by molar-refractivity contribution is 5.32. The predicted molar refractivity (Wildman–Crippen MR) is 60.2 cm³/mol. The second-order valence-corrected chi connectivity index (χ2v) is 3.35. The Balaban J connectivity index is 2.40. The van der Waals surface area contributed by atoms with Gasteiger partial charge in [0.1, 0.15) is 12.4 Å². The Morgan fingerprint density at radius 3 is 2.75 bits per heavy atom. The van der Waals surface area contributed by atoms with Crippen LogP contribution < -0.4 is 5.73 Å². The smallest absolute Gasteiger partial charge is 0.167 e. The zero-order valence-corrected chi connectivity index (χ0v) is 9.08. The van der Waals surface area contributed by atoms with Crippen LogP contribution in [0, 0.1) is 0 Å². The van der Waals surface area contributed by atoms with E-state index in [0.717, 1.165) is 11.5 Å². The summed E-state index contributed by atoms with van der Waals surface area (Å²) in [4.78, 5) is 0. The fourth-order valence-electron chi connectivity index (χ4n) is 1.56. The van der Waals surface area contributed by atoms with Gasteiger partial charge >= 0.3 is 0 Å². The van der Waals surface area contributed by atoms with Crippen LogP contribution in [0.4, 0.5) is 0 Å². The maximum absolute atomic E-state index is 5.62. The fraction of sp³-hybridized carbons (Fsp3) is 0.273. The molecule has 1 atom stereocenters. The van der Waals surface area contributed by atoms with E-state index in [1.807, 2.05) is 34.9 Å². The molecule has 0 radical (unpaired) electrons. The van der Waals surface area contributed by atoms with Crippen molar-refractivity contribution in [2.45, 2.75) is 6.10 Å². The quantitative estimate of drug-likeness (QED) is 0.828. The van der Waals surface area contributed by atoms with Crippen LogP contribution in [0.2, 0.25) is 0 Å². The van der Waals surface area contributed by atoms with Gasteiger partial charge in [0.2, 0.25) is 0 Å². The number of nitrogens with two attached hydrogens (primary N) is 1. The first-order valence-electron chi connectivity index (χ1n) is 5.05. The monoisotopic (exact) mass is 218 g/mol. The van der Waals surface area contributed by atoms with Gasteiger partial charge in [0, 0.05) is 19.3 Å². The lowest BCUT2D eigenvalue weighted by atomic mass is 10.3. The molecular formula is C11H14N4O. The van der Waals surface area contributed by atoms with E-state index < -0.39 is 0 Å². The molecular weight excluding hydrogens is 204 g/mol. The fourth-order valence-corrected chi connectivity index (χ4v) is 1.56. The van der Waals surface area contributed by atoms with Crippen molar-refractivity contribution in [3.63, 3.8) is 0 Å². The maximum atomic E-state index is 5.62. The van der Waals surface area contributed by atoms with E-state index in [1.54, 1.807) is 13.4 Å². The van der Waals surface area contributed by atoms with Crippen molar-refractivity contribution in [2.24, 2.45) is 5.73 Å². The van der Waals surface area contributed by atoms with Crippen LogP contribution in [-0.2, 0) is 4.74 Å². The molecule has 1 unspecified atom stereocenters. The predicted octanol–water partition coefficient (Wildman–Crippen LogP) is 0.913. The molecule has 5 nitrogen and oxygen atoms in total. The van der Waals surface area contributed by atoms with E-state index in [0.29, 0.717) is 6.54 Å². The zero-order valence-electron chi connectivity index (χ0n) is 9.08. The van der Waals surface area contributed by atoms with Gasteiger partial charge in [-0.3, -0.25) is 4.57 Å². The van der Waals surface area contributed by atoms with Crippen molar-refractivity contribution in [3.8, 4) is 5.69 Å². The number of rotatable bonds is 4. The first-order chi connectivity index (χ1) is 7.86. The Labute approximate surface area is 93.9 Å². The minimum Gasteiger partial charge on any atom is -0.372 e. The summed E-state index contributed by atoms with van der Waals surface area (Å²) in [7, 11) is 1.61. The van der Waals surface area contributed by atoms with Crippen LogP contribution in [0.1, 0.15) is 11.9 Å². The third-order valence-electron chi connectivity index (χ3n) is 2.40. The van der Waals surface area contributed by atoms with Gasteiger partial charge in [-0.25, -0.2) is 0 Å². The van der Waals surface area contributed by atoms with Crippen molar-refractivity contribution >= 4 is 0 Å². The molecule has 84 valence electrons. The zero-order chi connectivity index (χ0) is 11.4. The van der Waals surface area contributed by atoms with Crippen molar-refractivity contribution < 1.29 is 4.74 Å². The summed E-state index contributed by atoms with van der Waals surface area (Å²) in [6.07, 6.45) is 1.43. The van der Waals surface area contributed by atoms with Crippen LogP contribution in [0.3, 0.4) is 0 Å². The average Bonchev–Trinajstić information content (AvgIpc) is 2.81. The van der Waals surface area contributed by atoms with Crippen molar-refractivity contribution in [1.82, 2.24) is 14.8 Å². The van der Waals surface area contributed by atoms with E-state index in [-0.39, 0.29) is 6.10 Å². The lowest BCUT2D eigenvalue weighted by molar-refractivity contribution is 0.101. The highest BCUT2D eigenvalue weighted by Crippen LogP contribution is 2.16. The van der Waals surface area contributed by atoms with Gasteiger partial charge in [-0.2, -0.15) is 0 Å². The first-order valence-corrected chi connectivity index (χ1v) is 5.05. The summed E-state index contributed by atoms with van der Waals surface area (Å²) in [5, 5.41) is 7.94. The highest BCUT2D eigenvalue weighted by atomic mass is 16.5. The molecule has 0 aliphatic carbocycles. The van der Waals surface area contributed by atoms with E-state index >= 15 is 0 Å². The molecule has 0 bridgehead atoms. The summed E-state index contributed by atoms with van der Waals surface area (Å²) >= 11 is 0. The molecule has 5 heteroatoms. The van der Waals surface area contributed by atoms with Gasteiger partial charge in [-0.15, -0.1) is 10.2 Å². The Kier molecular flexibility index (Phi) is 3.28. The Morgan fingerprint density at radius 1 is 1.38 bits per heavy atom. The SMILES string of the molecule is COC(CN)c1nncn1-c1ccccc1. The molecule has 16 heavy (non-hydrogen) atoms. The number of nitrogens with zero attached hydrogens (tertiary/aromatic N) is 3. The maximum Gasteiger partial charge on any atom is 0.167 e. The second kappa shape index (κ2) is 4.87. The third kappa shape index (κ3) is 1.95. The number of ether oxygens (including phenoxy) is 1. The average molecular weight is 218 g/mol. The normalized spacial score (nSPS) is 12.6. The van der Waals surface area contributed by atoms with Crippen LogP contribution in [-0.4, -0.2) is 28.4 Å². The Hall–Kier alpha value is -1.72. The lowest BCUT2D eigenvalue weighted by Crippen LogP contribution is -2.18. The summed E-state index contributed by atoms with van der Waals surface area (Å²) in [5.74, 6) is 0.719. The van der Waals surface area contributed by atoms with Crippen molar-refractivity contribution in [2.75, 3.05) is 13.7 Å². The van der Waals surface area contributed by atoms with Gasteiger partial charge in [0.05, 0.1) is 0 Å². The highest BCUT2D eigenvalue weighted by Gasteiger charge is 2.16. The molecule has 0 saturated heterocycles. The van der Waals surface area contributed by atoms with Crippen molar-refractivity contribution in [3.05, 3.63) is 42.5 Å². The van der Waals surface area contributed by atoms with E-state index in [9.17, 15) is 0 Å². The van der Waals surface area contributed by atoms with Crippen LogP contribution >= 0.6 is 0 Å². The molecule has 2 N–H and O–H groups in total. The topological polar surface area (TPSA) is 66.0 Å². The molecule has 1 heterocycles. The molecule has 0 aliphatic heterocycles.